The SMILES string of the molecule is Cn1ccnc1CNc1ccc(Cl)cc1C(O)c1ccccc1. The second-order valence-electron chi connectivity index (χ2n) is 5.35. The maximum atomic E-state index is 10.7. The van der Waals surface area contributed by atoms with Gasteiger partial charge in [-0.1, -0.05) is 41.9 Å². The first-order chi connectivity index (χ1) is 11.1. The fourth-order valence-electron chi connectivity index (χ4n) is 2.48. The van der Waals surface area contributed by atoms with E-state index in [0.29, 0.717) is 11.6 Å². The Bertz CT molecular complexity index is 786. The number of benzene rings is 2. The zero-order chi connectivity index (χ0) is 16.2. The molecule has 118 valence electrons. The number of hydrogen-bond acceptors (Lipinski definition) is 3. The van der Waals surface area contributed by atoms with Gasteiger partial charge in [-0.2, -0.15) is 0 Å². The van der Waals surface area contributed by atoms with Crippen LogP contribution >= 0.6 is 11.6 Å². The molecule has 0 aliphatic rings. The van der Waals surface area contributed by atoms with Crippen molar-refractivity contribution in [1.82, 2.24) is 9.55 Å². The maximum Gasteiger partial charge on any atom is 0.127 e. The molecule has 0 spiro atoms. The van der Waals surface area contributed by atoms with E-state index in [0.717, 1.165) is 22.6 Å². The molecule has 0 saturated carbocycles. The van der Waals surface area contributed by atoms with Crippen molar-refractivity contribution in [2.24, 2.45) is 7.05 Å². The molecule has 5 heteroatoms. The molecule has 0 aliphatic heterocycles. The molecule has 4 nitrogen and oxygen atoms in total. The summed E-state index contributed by atoms with van der Waals surface area (Å²) in [5.41, 5.74) is 2.42. The summed E-state index contributed by atoms with van der Waals surface area (Å²) in [4.78, 5) is 4.29. The quantitative estimate of drug-likeness (QED) is 0.750. The van der Waals surface area contributed by atoms with Gasteiger partial charge in [0.05, 0.1) is 6.54 Å². The summed E-state index contributed by atoms with van der Waals surface area (Å²) >= 11 is 6.12. The largest absolute Gasteiger partial charge is 0.384 e. The van der Waals surface area contributed by atoms with Gasteiger partial charge in [0.25, 0.3) is 0 Å². The van der Waals surface area contributed by atoms with Crippen LogP contribution in [0.4, 0.5) is 5.69 Å². The van der Waals surface area contributed by atoms with Crippen LogP contribution in [0.1, 0.15) is 23.1 Å². The smallest absolute Gasteiger partial charge is 0.127 e. The van der Waals surface area contributed by atoms with Gasteiger partial charge >= 0.3 is 0 Å². The van der Waals surface area contributed by atoms with Gasteiger partial charge in [0.15, 0.2) is 0 Å². The van der Waals surface area contributed by atoms with Crippen molar-refractivity contribution in [3.63, 3.8) is 0 Å². The number of aliphatic hydroxyl groups is 1. The molecule has 1 aromatic heterocycles. The van der Waals surface area contributed by atoms with Crippen molar-refractivity contribution in [3.8, 4) is 0 Å². The molecule has 0 aliphatic carbocycles. The van der Waals surface area contributed by atoms with Crippen LogP contribution in [0, 0.1) is 0 Å². The minimum Gasteiger partial charge on any atom is -0.384 e. The fourth-order valence-corrected chi connectivity index (χ4v) is 2.66. The molecule has 0 amide bonds. The van der Waals surface area contributed by atoms with Gasteiger partial charge < -0.3 is 15.0 Å². The number of nitrogens with one attached hydrogen (secondary N) is 1. The molecule has 3 rings (SSSR count). The van der Waals surface area contributed by atoms with Crippen LogP contribution in [0.2, 0.25) is 5.02 Å². The Morgan fingerprint density at radius 2 is 2.00 bits per heavy atom. The number of aromatic nitrogens is 2. The number of aryl methyl sites for hydroxylation is 1. The van der Waals surface area contributed by atoms with Crippen molar-refractivity contribution >= 4 is 17.3 Å². The third kappa shape index (κ3) is 3.55. The van der Waals surface area contributed by atoms with Gasteiger partial charge in [-0.3, -0.25) is 0 Å². The molecule has 1 heterocycles. The van der Waals surface area contributed by atoms with E-state index in [-0.39, 0.29) is 0 Å². The minimum atomic E-state index is -0.737. The van der Waals surface area contributed by atoms with E-state index in [1.165, 1.54) is 0 Å². The standard InChI is InChI=1S/C18H18ClN3O/c1-22-10-9-20-17(22)12-21-16-8-7-14(19)11-15(16)18(23)13-5-3-2-4-6-13/h2-11,18,21,23H,12H2,1H3. The molecule has 0 fully saturated rings. The first-order valence-corrected chi connectivity index (χ1v) is 7.75. The average Bonchev–Trinajstić information content (AvgIpc) is 2.99. The van der Waals surface area contributed by atoms with Crippen LogP contribution in [0.15, 0.2) is 60.9 Å². The first kappa shape index (κ1) is 15.6. The Morgan fingerprint density at radius 1 is 1.22 bits per heavy atom. The number of hydrogen-bond donors (Lipinski definition) is 2. The monoisotopic (exact) mass is 327 g/mol. The van der Waals surface area contributed by atoms with Crippen molar-refractivity contribution in [3.05, 3.63) is 82.9 Å². The molecule has 0 saturated heterocycles. The normalized spacial score (nSPS) is 12.1. The molecular formula is C18H18ClN3O. The summed E-state index contributed by atoms with van der Waals surface area (Å²) in [5.74, 6) is 0.917. The summed E-state index contributed by atoms with van der Waals surface area (Å²) in [6.45, 7) is 0.569. The molecule has 0 radical (unpaired) electrons. The van der Waals surface area contributed by atoms with Crippen LogP contribution in [0.3, 0.4) is 0 Å². The van der Waals surface area contributed by atoms with Crippen LogP contribution in [0.5, 0.6) is 0 Å². The Morgan fingerprint density at radius 3 is 2.70 bits per heavy atom. The van der Waals surface area contributed by atoms with Crippen molar-refractivity contribution in [2.45, 2.75) is 12.6 Å². The molecule has 0 bridgehead atoms. The Hall–Kier alpha value is -2.30. The lowest BCUT2D eigenvalue weighted by Gasteiger charge is -2.17. The fraction of sp³-hybridized carbons (Fsp3) is 0.167. The average molecular weight is 328 g/mol. The number of imidazole rings is 1. The van der Waals surface area contributed by atoms with E-state index in [2.05, 4.69) is 10.3 Å². The topological polar surface area (TPSA) is 50.1 Å². The van der Waals surface area contributed by atoms with E-state index in [4.69, 9.17) is 11.6 Å². The van der Waals surface area contributed by atoms with Crippen LogP contribution in [-0.2, 0) is 13.6 Å². The lowest BCUT2D eigenvalue weighted by Crippen LogP contribution is -2.09. The summed E-state index contributed by atoms with van der Waals surface area (Å²) in [5, 5.41) is 14.6. The number of aliphatic hydroxyl groups excluding tert-OH is 1. The molecule has 2 N–H and O–H groups in total. The van der Waals surface area contributed by atoms with E-state index in [9.17, 15) is 5.11 Å². The zero-order valence-electron chi connectivity index (χ0n) is 12.8. The van der Waals surface area contributed by atoms with Crippen LogP contribution in [-0.4, -0.2) is 14.7 Å². The number of nitrogens with zero attached hydrogens (tertiary/aromatic N) is 2. The van der Waals surface area contributed by atoms with Gasteiger partial charge in [-0.05, 0) is 23.8 Å². The van der Waals surface area contributed by atoms with Crippen molar-refractivity contribution in [1.29, 1.82) is 0 Å². The molecule has 3 aromatic rings. The van der Waals surface area contributed by atoms with Gasteiger partial charge in [-0.25, -0.2) is 4.98 Å². The predicted octanol–water partition coefficient (Wildman–Crippen LogP) is 3.77. The van der Waals surface area contributed by atoms with E-state index < -0.39 is 6.10 Å². The third-order valence-electron chi connectivity index (χ3n) is 3.78. The highest BCUT2D eigenvalue weighted by Gasteiger charge is 2.15. The summed E-state index contributed by atoms with van der Waals surface area (Å²) in [6, 6.07) is 15.0. The molecule has 1 unspecified atom stereocenters. The van der Waals surface area contributed by atoms with Crippen LogP contribution in [0.25, 0.3) is 0 Å². The number of halogens is 1. The number of rotatable bonds is 5. The second kappa shape index (κ2) is 6.86. The van der Waals surface area contributed by atoms with E-state index in [1.807, 2.05) is 60.3 Å². The van der Waals surface area contributed by atoms with Gasteiger partial charge in [0, 0.05) is 35.7 Å². The van der Waals surface area contributed by atoms with Gasteiger partial charge in [-0.15, -0.1) is 0 Å². The minimum absolute atomic E-state index is 0.569. The summed E-state index contributed by atoms with van der Waals surface area (Å²) in [7, 11) is 1.95. The van der Waals surface area contributed by atoms with E-state index in [1.54, 1.807) is 12.3 Å². The molecular weight excluding hydrogens is 310 g/mol. The van der Waals surface area contributed by atoms with Gasteiger partial charge in [0.1, 0.15) is 11.9 Å². The highest BCUT2D eigenvalue weighted by molar-refractivity contribution is 6.30. The highest BCUT2D eigenvalue weighted by Crippen LogP contribution is 2.31. The Balaban J connectivity index is 1.87. The van der Waals surface area contributed by atoms with E-state index >= 15 is 0 Å². The Kier molecular flexibility index (Phi) is 4.65. The summed E-state index contributed by atoms with van der Waals surface area (Å²) in [6.07, 6.45) is 2.93. The molecule has 23 heavy (non-hydrogen) atoms. The van der Waals surface area contributed by atoms with Crippen molar-refractivity contribution in [2.75, 3.05) is 5.32 Å². The number of anilines is 1. The third-order valence-corrected chi connectivity index (χ3v) is 4.02. The van der Waals surface area contributed by atoms with Crippen LogP contribution < -0.4 is 5.32 Å². The summed E-state index contributed by atoms with van der Waals surface area (Å²) < 4.78 is 1.95. The zero-order valence-corrected chi connectivity index (χ0v) is 13.5. The lowest BCUT2D eigenvalue weighted by atomic mass is 10.00. The highest BCUT2D eigenvalue weighted by atomic mass is 35.5. The second-order valence-corrected chi connectivity index (χ2v) is 5.79. The Labute approximate surface area is 140 Å². The first-order valence-electron chi connectivity index (χ1n) is 7.37. The molecule has 1 atom stereocenters. The predicted molar refractivity (Wildman–Crippen MR) is 92.5 cm³/mol. The van der Waals surface area contributed by atoms with Crippen molar-refractivity contribution < 1.29 is 5.11 Å². The lowest BCUT2D eigenvalue weighted by molar-refractivity contribution is 0.221. The van der Waals surface area contributed by atoms with Gasteiger partial charge in [0.2, 0.25) is 0 Å². The maximum absolute atomic E-state index is 10.7. The molecule has 2 aromatic carbocycles.